The van der Waals surface area contributed by atoms with Crippen molar-refractivity contribution in [3.05, 3.63) is 101 Å². The maximum Gasteiger partial charge on any atom is 0.270 e. The molecule has 0 radical (unpaired) electrons. The van der Waals surface area contributed by atoms with Crippen molar-refractivity contribution >= 4 is 17.7 Å². The smallest absolute Gasteiger partial charge is 0.270 e. The molecule has 0 aliphatic heterocycles. The second-order valence-corrected chi connectivity index (χ2v) is 10.8. The molecule has 0 spiro atoms. The van der Waals surface area contributed by atoms with Crippen molar-refractivity contribution in [2.24, 2.45) is 0 Å². The van der Waals surface area contributed by atoms with Crippen LogP contribution in [0.4, 0.5) is 8.78 Å². The van der Waals surface area contributed by atoms with Crippen LogP contribution in [0.25, 0.3) is 0 Å². The SMILES string of the molecule is CCCCCC[C@@H](NC(=O)c1ccccn1)C(=O)N[C@@H](Cc1cc(F)cc(F)c1)[C@@H](O)[C@H](O)[C@@H](C)NC(=O)c1ccccc1. The van der Waals surface area contributed by atoms with Crippen molar-refractivity contribution in [2.75, 3.05) is 0 Å². The van der Waals surface area contributed by atoms with Gasteiger partial charge in [-0.1, -0.05) is 56.9 Å². The van der Waals surface area contributed by atoms with Crippen LogP contribution in [0.1, 0.15) is 72.4 Å². The third-order valence-electron chi connectivity index (χ3n) is 7.24. The van der Waals surface area contributed by atoms with Gasteiger partial charge in [0.05, 0.1) is 12.1 Å². The first-order valence-corrected chi connectivity index (χ1v) is 14.8. The summed E-state index contributed by atoms with van der Waals surface area (Å²) in [6.45, 7) is 3.53. The lowest BCUT2D eigenvalue weighted by Crippen LogP contribution is -2.58. The van der Waals surface area contributed by atoms with Crippen molar-refractivity contribution in [2.45, 2.75) is 82.7 Å². The number of nitrogens with one attached hydrogen (secondary N) is 3. The lowest BCUT2D eigenvalue weighted by Gasteiger charge is -2.32. The molecule has 0 bridgehead atoms. The highest BCUT2D eigenvalue weighted by Crippen LogP contribution is 2.16. The molecule has 5 atom stereocenters. The van der Waals surface area contributed by atoms with Gasteiger partial charge in [0.25, 0.3) is 11.8 Å². The molecule has 3 rings (SSSR count). The van der Waals surface area contributed by atoms with Crippen LogP contribution in [0.15, 0.2) is 72.9 Å². The Bertz CT molecular complexity index is 1340. The van der Waals surface area contributed by atoms with Crippen LogP contribution in [-0.4, -0.2) is 63.3 Å². The monoisotopic (exact) mass is 610 g/mol. The van der Waals surface area contributed by atoms with Crippen LogP contribution in [-0.2, 0) is 11.2 Å². The zero-order valence-electron chi connectivity index (χ0n) is 24.9. The molecular formula is C33H40F2N4O5. The van der Waals surface area contributed by atoms with E-state index in [4.69, 9.17) is 0 Å². The van der Waals surface area contributed by atoms with Crippen molar-refractivity contribution in [3.63, 3.8) is 0 Å². The molecule has 9 nitrogen and oxygen atoms in total. The zero-order valence-corrected chi connectivity index (χ0v) is 24.9. The summed E-state index contributed by atoms with van der Waals surface area (Å²) in [4.78, 5) is 43.2. The number of aliphatic hydroxyl groups excluding tert-OH is 2. The van der Waals surface area contributed by atoms with Gasteiger partial charge in [0.15, 0.2) is 0 Å². The summed E-state index contributed by atoms with van der Waals surface area (Å²) in [6.07, 6.45) is 1.58. The van der Waals surface area contributed by atoms with Gasteiger partial charge in [-0.3, -0.25) is 19.4 Å². The minimum Gasteiger partial charge on any atom is -0.388 e. The van der Waals surface area contributed by atoms with Crippen LogP contribution in [0.5, 0.6) is 0 Å². The first kappa shape index (κ1) is 34.3. The van der Waals surface area contributed by atoms with Crippen molar-refractivity contribution in [1.82, 2.24) is 20.9 Å². The van der Waals surface area contributed by atoms with E-state index in [0.717, 1.165) is 31.4 Å². The Hall–Kier alpha value is -4.22. The summed E-state index contributed by atoms with van der Waals surface area (Å²) in [5, 5.41) is 30.3. The summed E-state index contributed by atoms with van der Waals surface area (Å²) in [5.41, 5.74) is 0.580. The normalized spacial score (nSPS) is 14.5. The van der Waals surface area contributed by atoms with Gasteiger partial charge in [-0.05, 0) is 61.7 Å². The van der Waals surface area contributed by atoms with Gasteiger partial charge < -0.3 is 26.2 Å². The van der Waals surface area contributed by atoms with Gasteiger partial charge in [0.1, 0.15) is 35.6 Å². The fourth-order valence-electron chi connectivity index (χ4n) is 4.80. The summed E-state index contributed by atoms with van der Waals surface area (Å²) in [7, 11) is 0. The second kappa shape index (κ2) is 17.2. The fourth-order valence-corrected chi connectivity index (χ4v) is 4.80. The van der Waals surface area contributed by atoms with E-state index in [1.54, 1.807) is 42.5 Å². The Labute approximate surface area is 256 Å². The largest absolute Gasteiger partial charge is 0.388 e. The number of nitrogens with zero attached hydrogens (tertiary/aromatic N) is 1. The van der Waals surface area contributed by atoms with Crippen molar-refractivity contribution in [1.29, 1.82) is 0 Å². The number of pyridine rings is 1. The minimum absolute atomic E-state index is 0.115. The average molecular weight is 611 g/mol. The molecule has 1 heterocycles. The molecule has 2 aromatic carbocycles. The highest BCUT2D eigenvalue weighted by Gasteiger charge is 2.34. The third kappa shape index (κ3) is 10.5. The number of amides is 3. The molecule has 44 heavy (non-hydrogen) atoms. The first-order chi connectivity index (χ1) is 21.1. The van der Waals surface area contributed by atoms with E-state index in [9.17, 15) is 33.4 Å². The average Bonchev–Trinajstić information content (AvgIpc) is 3.01. The Morgan fingerprint density at radius 1 is 0.818 bits per heavy atom. The van der Waals surface area contributed by atoms with Gasteiger partial charge >= 0.3 is 0 Å². The molecule has 0 unspecified atom stereocenters. The number of hydrogen-bond acceptors (Lipinski definition) is 6. The molecule has 0 fully saturated rings. The molecular weight excluding hydrogens is 570 g/mol. The van der Waals surface area contributed by atoms with Crippen LogP contribution in [0.2, 0.25) is 0 Å². The first-order valence-electron chi connectivity index (χ1n) is 14.8. The molecule has 0 saturated carbocycles. The van der Waals surface area contributed by atoms with Crippen molar-refractivity contribution < 1.29 is 33.4 Å². The van der Waals surface area contributed by atoms with E-state index in [1.807, 2.05) is 6.92 Å². The van der Waals surface area contributed by atoms with E-state index in [0.29, 0.717) is 18.1 Å². The third-order valence-corrected chi connectivity index (χ3v) is 7.24. The van der Waals surface area contributed by atoms with Gasteiger partial charge in [0.2, 0.25) is 5.91 Å². The molecule has 1 aromatic heterocycles. The van der Waals surface area contributed by atoms with E-state index < -0.39 is 59.7 Å². The number of carbonyl (C=O) groups excluding carboxylic acids is 3. The van der Waals surface area contributed by atoms with Crippen LogP contribution < -0.4 is 16.0 Å². The second-order valence-electron chi connectivity index (χ2n) is 10.8. The predicted molar refractivity (Wildman–Crippen MR) is 162 cm³/mol. The highest BCUT2D eigenvalue weighted by molar-refractivity contribution is 5.96. The number of halogens is 2. The number of unbranched alkanes of at least 4 members (excludes halogenated alkanes) is 3. The molecule has 3 amide bonds. The highest BCUT2D eigenvalue weighted by atomic mass is 19.1. The maximum atomic E-state index is 14.0. The minimum atomic E-state index is -1.68. The zero-order chi connectivity index (χ0) is 32.1. The Kier molecular flexibility index (Phi) is 13.4. The lowest BCUT2D eigenvalue weighted by atomic mass is 9.93. The molecule has 5 N–H and O–H groups in total. The number of carbonyl (C=O) groups is 3. The van der Waals surface area contributed by atoms with E-state index in [1.165, 1.54) is 19.2 Å². The molecule has 0 aliphatic rings. The lowest BCUT2D eigenvalue weighted by molar-refractivity contribution is -0.125. The van der Waals surface area contributed by atoms with Crippen LogP contribution >= 0.6 is 0 Å². The Balaban J connectivity index is 1.82. The maximum absolute atomic E-state index is 14.0. The van der Waals surface area contributed by atoms with E-state index in [2.05, 4.69) is 20.9 Å². The number of aromatic nitrogens is 1. The van der Waals surface area contributed by atoms with Crippen molar-refractivity contribution in [3.8, 4) is 0 Å². The van der Waals surface area contributed by atoms with Gasteiger partial charge in [-0.2, -0.15) is 0 Å². The number of aliphatic hydroxyl groups is 2. The van der Waals surface area contributed by atoms with Gasteiger partial charge in [0, 0.05) is 17.8 Å². The molecule has 236 valence electrons. The molecule has 0 aliphatic carbocycles. The van der Waals surface area contributed by atoms with E-state index in [-0.39, 0.29) is 24.1 Å². The molecule has 11 heteroatoms. The Morgan fingerprint density at radius 3 is 2.14 bits per heavy atom. The molecule has 3 aromatic rings. The quantitative estimate of drug-likeness (QED) is 0.157. The molecule has 0 saturated heterocycles. The fraction of sp³-hybridized carbons (Fsp3) is 0.394. The predicted octanol–water partition coefficient (Wildman–Crippen LogP) is 3.70. The van der Waals surface area contributed by atoms with Crippen LogP contribution in [0, 0.1) is 11.6 Å². The van der Waals surface area contributed by atoms with Gasteiger partial charge in [-0.25, -0.2) is 8.78 Å². The number of rotatable bonds is 16. The topological polar surface area (TPSA) is 141 Å². The summed E-state index contributed by atoms with van der Waals surface area (Å²) >= 11 is 0. The number of benzene rings is 2. The summed E-state index contributed by atoms with van der Waals surface area (Å²) in [6, 6.07) is 12.7. The summed E-state index contributed by atoms with van der Waals surface area (Å²) in [5.74, 6) is -3.40. The van der Waals surface area contributed by atoms with Crippen LogP contribution in [0.3, 0.4) is 0 Å². The standard InChI is InChI=1S/C33H40F2N4O5/c1-3-4-5-9-15-27(38-32(43)26-14-10-11-16-36-26)33(44)39-28(19-22-17-24(34)20-25(35)18-22)30(41)29(40)21(2)37-31(42)23-12-7-6-8-13-23/h6-8,10-14,16-18,20-21,27-30,40-41H,3-5,9,15,19H2,1-2H3,(H,37,42)(H,38,43)(H,39,44)/t21-,27-,28+,29-,30-/m1/s1. The summed E-state index contributed by atoms with van der Waals surface area (Å²) < 4.78 is 28.1. The van der Waals surface area contributed by atoms with E-state index >= 15 is 0 Å². The van der Waals surface area contributed by atoms with Gasteiger partial charge in [-0.15, -0.1) is 0 Å². The Morgan fingerprint density at radius 2 is 1.50 bits per heavy atom. The number of hydrogen-bond donors (Lipinski definition) is 5.